The molecule has 160 valence electrons. The number of nitrogens with one attached hydrogen (secondary N) is 1. The molecular weight excluding hydrogens is 420 g/mol. The largest absolute Gasteiger partial charge is 0.452 e. The van der Waals surface area contributed by atoms with Crippen molar-refractivity contribution in [3.8, 4) is 11.5 Å². The monoisotopic (exact) mass is 436 g/mol. The van der Waals surface area contributed by atoms with Gasteiger partial charge in [0.1, 0.15) is 11.5 Å². The number of hydrogen-bond acceptors (Lipinski definition) is 6. The predicted molar refractivity (Wildman–Crippen MR) is 120 cm³/mol. The van der Waals surface area contributed by atoms with Gasteiger partial charge in [-0.3, -0.25) is 19.4 Å². The van der Waals surface area contributed by atoms with Crippen LogP contribution in [-0.2, 0) is 4.79 Å². The van der Waals surface area contributed by atoms with Crippen molar-refractivity contribution in [2.75, 3.05) is 0 Å². The lowest BCUT2D eigenvalue weighted by Crippen LogP contribution is -2.26. The molecule has 4 aromatic rings. The number of fused-ring (bicyclic) bond motifs is 4. The molecule has 4 heterocycles. The van der Waals surface area contributed by atoms with Gasteiger partial charge >= 0.3 is 5.97 Å². The van der Waals surface area contributed by atoms with Gasteiger partial charge < -0.3 is 14.5 Å². The van der Waals surface area contributed by atoms with E-state index in [-0.39, 0.29) is 29.3 Å². The molecule has 0 radical (unpaired) electrons. The number of benzene rings is 2. The summed E-state index contributed by atoms with van der Waals surface area (Å²) >= 11 is 0. The summed E-state index contributed by atoms with van der Waals surface area (Å²) in [6.07, 6.45) is 4.85. The summed E-state index contributed by atoms with van der Waals surface area (Å²) < 4.78 is 11.5. The first-order valence-corrected chi connectivity index (χ1v) is 10.4. The molecule has 0 spiro atoms. The highest BCUT2D eigenvalue weighted by Crippen LogP contribution is 2.48. The van der Waals surface area contributed by atoms with E-state index in [1.165, 1.54) is 0 Å². The van der Waals surface area contributed by atoms with E-state index >= 15 is 0 Å². The summed E-state index contributed by atoms with van der Waals surface area (Å²) in [6, 6.07) is 16.0. The molecule has 0 amide bonds. The number of carbonyl (C=O) groups excluding carboxylic acids is 2. The van der Waals surface area contributed by atoms with E-state index in [1.54, 1.807) is 42.7 Å². The molecule has 0 aliphatic carbocycles. The molecule has 2 aliphatic heterocycles. The summed E-state index contributed by atoms with van der Waals surface area (Å²) in [5, 5.41) is 0.842. The molecular formula is C26H16N2O5. The molecule has 1 N–H and O–H groups in total. The number of para-hydroxylation sites is 1. The summed E-state index contributed by atoms with van der Waals surface area (Å²) in [5.74, 6) is -0.588. The van der Waals surface area contributed by atoms with Gasteiger partial charge in [-0.25, -0.2) is 0 Å². The van der Waals surface area contributed by atoms with Crippen LogP contribution >= 0.6 is 0 Å². The molecule has 0 saturated heterocycles. The van der Waals surface area contributed by atoms with Gasteiger partial charge in [0, 0.05) is 35.0 Å². The zero-order valence-electron chi connectivity index (χ0n) is 17.2. The van der Waals surface area contributed by atoms with E-state index in [1.807, 2.05) is 30.3 Å². The Morgan fingerprint density at radius 1 is 1.00 bits per heavy atom. The average molecular weight is 436 g/mol. The number of aromatic nitrogens is 2. The molecule has 33 heavy (non-hydrogen) atoms. The first-order valence-electron chi connectivity index (χ1n) is 10.4. The van der Waals surface area contributed by atoms with Crippen molar-refractivity contribution in [2.24, 2.45) is 0 Å². The minimum Gasteiger partial charge on any atom is -0.452 e. The maximum Gasteiger partial charge on any atom is 0.312 e. The molecule has 7 nitrogen and oxygen atoms in total. The molecule has 0 fully saturated rings. The van der Waals surface area contributed by atoms with Crippen LogP contribution in [0.2, 0.25) is 0 Å². The molecule has 6 rings (SSSR count). The Labute approximate surface area is 187 Å². The minimum absolute atomic E-state index is 0.0376. The first-order chi connectivity index (χ1) is 16.1. The lowest BCUT2D eigenvalue weighted by atomic mass is 9.85. The van der Waals surface area contributed by atoms with Crippen LogP contribution in [0.4, 0.5) is 0 Å². The normalized spacial score (nSPS) is 18.1. The zero-order chi connectivity index (χ0) is 22.5. The third-order valence-corrected chi connectivity index (χ3v) is 5.92. The number of ether oxygens (including phenoxy) is 2. The van der Waals surface area contributed by atoms with Crippen molar-refractivity contribution in [2.45, 2.75) is 12.3 Å². The van der Waals surface area contributed by atoms with Crippen LogP contribution in [0.3, 0.4) is 0 Å². The van der Waals surface area contributed by atoms with Crippen molar-refractivity contribution in [3.05, 3.63) is 105 Å². The van der Waals surface area contributed by atoms with Gasteiger partial charge in [-0.2, -0.15) is 0 Å². The van der Waals surface area contributed by atoms with Crippen molar-refractivity contribution in [1.82, 2.24) is 9.97 Å². The Hall–Kier alpha value is -4.52. The number of nitrogens with zero attached hydrogens (tertiary/aromatic N) is 1. The number of hydrogen-bond donors (Lipinski definition) is 1. The van der Waals surface area contributed by atoms with Crippen LogP contribution in [0.15, 0.2) is 77.5 Å². The van der Waals surface area contributed by atoms with Crippen LogP contribution in [0.25, 0.3) is 17.0 Å². The highest BCUT2D eigenvalue weighted by molar-refractivity contribution is 6.15. The number of esters is 1. The molecule has 0 saturated carbocycles. The Bertz CT molecular complexity index is 1550. The van der Waals surface area contributed by atoms with Crippen molar-refractivity contribution in [1.29, 1.82) is 0 Å². The van der Waals surface area contributed by atoms with E-state index in [0.717, 1.165) is 10.9 Å². The van der Waals surface area contributed by atoms with E-state index in [4.69, 9.17) is 9.47 Å². The van der Waals surface area contributed by atoms with Crippen LogP contribution in [0, 0.1) is 0 Å². The fourth-order valence-corrected chi connectivity index (χ4v) is 4.41. The van der Waals surface area contributed by atoms with Gasteiger partial charge in [0.05, 0.1) is 12.0 Å². The SMILES string of the molecule is O=C1CC(c2cc3ccccc3[nH]c2=O)c2c(ccc3c2OC(=Cc2cccnc2)C3=O)O1. The maximum atomic E-state index is 13.0. The number of pyridine rings is 2. The minimum atomic E-state index is -0.616. The summed E-state index contributed by atoms with van der Waals surface area (Å²) in [6.45, 7) is 0. The first kappa shape index (κ1) is 19.2. The van der Waals surface area contributed by atoms with E-state index in [2.05, 4.69) is 9.97 Å². The Morgan fingerprint density at radius 2 is 1.88 bits per heavy atom. The molecule has 1 unspecified atom stereocenters. The summed E-state index contributed by atoms with van der Waals surface area (Å²) in [7, 11) is 0. The fraction of sp³-hybridized carbons (Fsp3) is 0.0769. The third kappa shape index (κ3) is 3.13. The smallest absolute Gasteiger partial charge is 0.312 e. The van der Waals surface area contributed by atoms with Gasteiger partial charge in [0.15, 0.2) is 5.76 Å². The topological polar surface area (TPSA) is 98.4 Å². The highest BCUT2D eigenvalue weighted by atomic mass is 16.5. The highest BCUT2D eigenvalue weighted by Gasteiger charge is 2.39. The van der Waals surface area contributed by atoms with E-state index in [9.17, 15) is 14.4 Å². The third-order valence-electron chi connectivity index (χ3n) is 5.92. The van der Waals surface area contributed by atoms with Crippen LogP contribution in [-0.4, -0.2) is 21.7 Å². The Balaban J connectivity index is 1.52. The predicted octanol–water partition coefficient (Wildman–Crippen LogP) is 3.98. The number of Topliss-reactive ketones (excluding diaryl/α,β-unsaturated/α-hetero) is 1. The molecule has 2 aliphatic rings. The molecule has 2 aromatic carbocycles. The van der Waals surface area contributed by atoms with Crippen LogP contribution in [0.5, 0.6) is 11.5 Å². The summed E-state index contributed by atoms with van der Waals surface area (Å²) in [4.78, 5) is 45.4. The van der Waals surface area contributed by atoms with E-state index in [0.29, 0.717) is 28.0 Å². The molecule has 7 heteroatoms. The van der Waals surface area contributed by atoms with Crippen molar-refractivity contribution >= 4 is 28.7 Å². The van der Waals surface area contributed by atoms with Gasteiger partial charge in [0.25, 0.3) is 5.56 Å². The maximum absolute atomic E-state index is 13.0. The van der Waals surface area contributed by atoms with Gasteiger partial charge in [-0.05, 0) is 47.4 Å². The molecule has 2 aromatic heterocycles. The van der Waals surface area contributed by atoms with Crippen LogP contribution < -0.4 is 15.0 Å². The number of carbonyl (C=O) groups is 2. The Morgan fingerprint density at radius 3 is 2.73 bits per heavy atom. The van der Waals surface area contributed by atoms with Gasteiger partial charge in [-0.15, -0.1) is 0 Å². The number of H-pyrrole nitrogens is 1. The van der Waals surface area contributed by atoms with Crippen molar-refractivity contribution in [3.63, 3.8) is 0 Å². The number of aromatic amines is 1. The number of rotatable bonds is 2. The Kier molecular flexibility index (Phi) is 4.23. The standard InChI is InChI=1S/C26H16N2O5/c29-22-12-17(18-11-15-5-1-2-6-19(15)28-26(18)31)23-20(32-22)8-7-16-24(30)21(33-25(16)23)10-14-4-3-9-27-13-14/h1-11,13,17H,12H2,(H,28,31). The second kappa shape index (κ2) is 7.27. The van der Waals surface area contributed by atoms with Crippen LogP contribution in [0.1, 0.15) is 39.4 Å². The van der Waals surface area contributed by atoms with E-state index < -0.39 is 11.9 Å². The quantitative estimate of drug-likeness (QED) is 0.290. The van der Waals surface area contributed by atoms with Gasteiger partial charge in [-0.1, -0.05) is 24.3 Å². The second-order valence-electron chi connectivity index (χ2n) is 7.95. The molecule has 1 atom stereocenters. The average Bonchev–Trinajstić information content (AvgIpc) is 3.13. The number of allylic oxidation sites excluding steroid dienone is 1. The number of ketones is 1. The zero-order valence-corrected chi connectivity index (χ0v) is 17.2. The van der Waals surface area contributed by atoms with Crippen molar-refractivity contribution < 1.29 is 19.1 Å². The second-order valence-corrected chi connectivity index (χ2v) is 7.95. The lowest BCUT2D eigenvalue weighted by Gasteiger charge is -2.26. The molecule has 0 bridgehead atoms. The lowest BCUT2D eigenvalue weighted by molar-refractivity contribution is -0.135. The fourth-order valence-electron chi connectivity index (χ4n) is 4.41. The van der Waals surface area contributed by atoms with Gasteiger partial charge in [0.2, 0.25) is 5.78 Å². The summed E-state index contributed by atoms with van der Waals surface area (Å²) in [5.41, 5.74) is 2.43.